The van der Waals surface area contributed by atoms with E-state index in [0.717, 1.165) is 0 Å². The highest BCUT2D eigenvalue weighted by Crippen LogP contribution is 2.29. The molecule has 0 N–H and O–H groups in total. The van der Waals surface area contributed by atoms with Gasteiger partial charge in [-0.1, -0.05) is 175 Å². The third kappa shape index (κ3) is 5.76. The standard InChI is InChI=1S/3C15H12/c1-11-10-12-6-2-3-8-14(12)15-9-5-4-7-13(11)15;1-11-6-9-15-13(10-11)8-7-12-4-2-3-5-14(12)15;1-11-6-7-13-9-8-12-4-2-3-5-14(12)15(13)10-11/h3*2-10H,1H3. The van der Waals surface area contributed by atoms with Gasteiger partial charge in [0.2, 0.25) is 0 Å². The van der Waals surface area contributed by atoms with Crippen molar-refractivity contribution in [2.75, 3.05) is 0 Å². The maximum atomic E-state index is 2.26. The van der Waals surface area contributed by atoms with Crippen molar-refractivity contribution in [1.29, 1.82) is 0 Å². The van der Waals surface area contributed by atoms with Crippen LogP contribution in [0.25, 0.3) is 64.6 Å². The number of aryl methyl sites for hydroxylation is 3. The Morgan fingerprint density at radius 3 is 1.29 bits per heavy atom. The summed E-state index contributed by atoms with van der Waals surface area (Å²) >= 11 is 0. The molecule has 0 saturated heterocycles. The molecule has 9 aromatic carbocycles. The Bertz CT molecular complexity index is 2450. The average molecular weight is 577 g/mol. The molecule has 0 unspecified atom stereocenters. The summed E-state index contributed by atoms with van der Waals surface area (Å²) in [5.74, 6) is 0. The summed E-state index contributed by atoms with van der Waals surface area (Å²) in [4.78, 5) is 0. The molecule has 0 fully saturated rings. The third-order valence-electron chi connectivity index (χ3n) is 8.78. The normalized spacial score (nSPS) is 11.0. The summed E-state index contributed by atoms with van der Waals surface area (Å²) < 4.78 is 0. The highest BCUT2D eigenvalue weighted by Gasteiger charge is 2.02. The SMILES string of the molecule is Cc1cc2ccccc2c2ccccc12.Cc1ccc2c(ccc3ccccc32)c1.Cc1ccc2ccc3ccccc3c2c1. The predicted octanol–water partition coefficient (Wildman–Crippen LogP) is 12.9. The number of fused-ring (bicyclic) bond motifs is 9. The van der Waals surface area contributed by atoms with E-state index in [0.29, 0.717) is 0 Å². The molecule has 0 spiro atoms. The fourth-order valence-electron chi connectivity index (χ4n) is 6.49. The van der Waals surface area contributed by atoms with Gasteiger partial charge >= 0.3 is 0 Å². The molecular weight excluding hydrogens is 540 g/mol. The van der Waals surface area contributed by atoms with Gasteiger partial charge < -0.3 is 0 Å². The Balaban J connectivity index is 0.000000108. The average Bonchev–Trinajstić information content (AvgIpc) is 3.09. The quantitative estimate of drug-likeness (QED) is 0.158. The van der Waals surface area contributed by atoms with E-state index in [-0.39, 0.29) is 0 Å². The summed E-state index contributed by atoms with van der Waals surface area (Å²) in [6, 6.07) is 58.5. The van der Waals surface area contributed by atoms with E-state index in [1.165, 1.54) is 81.3 Å². The molecule has 0 nitrogen and oxygen atoms in total. The molecular formula is C45H36. The van der Waals surface area contributed by atoms with Crippen molar-refractivity contribution >= 4 is 64.6 Å². The van der Waals surface area contributed by atoms with Crippen LogP contribution in [0.15, 0.2) is 164 Å². The van der Waals surface area contributed by atoms with Crippen LogP contribution < -0.4 is 0 Å². The van der Waals surface area contributed by atoms with Crippen LogP contribution in [0.4, 0.5) is 0 Å². The number of rotatable bonds is 0. The first kappa shape index (κ1) is 28.3. The minimum absolute atomic E-state index is 1.31. The van der Waals surface area contributed by atoms with E-state index >= 15 is 0 Å². The zero-order chi connectivity index (χ0) is 30.8. The molecule has 0 atom stereocenters. The lowest BCUT2D eigenvalue weighted by Crippen LogP contribution is -1.81. The first-order valence-electron chi connectivity index (χ1n) is 15.7. The minimum Gasteiger partial charge on any atom is -0.0616 e. The molecule has 0 aliphatic heterocycles. The van der Waals surface area contributed by atoms with Gasteiger partial charge in [0.05, 0.1) is 0 Å². The van der Waals surface area contributed by atoms with E-state index in [1.807, 2.05) is 0 Å². The number of hydrogen-bond acceptors (Lipinski definition) is 0. The van der Waals surface area contributed by atoms with Gasteiger partial charge in [-0.3, -0.25) is 0 Å². The zero-order valence-electron chi connectivity index (χ0n) is 26.1. The molecule has 0 heteroatoms. The van der Waals surface area contributed by atoms with E-state index < -0.39 is 0 Å². The van der Waals surface area contributed by atoms with Crippen molar-refractivity contribution < 1.29 is 0 Å². The third-order valence-corrected chi connectivity index (χ3v) is 8.78. The first-order chi connectivity index (χ1) is 22.0. The van der Waals surface area contributed by atoms with E-state index in [4.69, 9.17) is 0 Å². The van der Waals surface area contributed by atoms with Crippen molar-refractivity contribution in [3.05, 3.63) is 180 Å². The van der Waals surface area contributed by atoms with Crippen LogP contribution in [-0.4, -0.2) is 0 Å². The molecule has 0 amide bonds. The van der Waals surface area contributed by atoms with Gasteiger partial charge in [0, 0.05) is 0 Å². The molecule has 0 aromatic heterocycles. The first-order valence-corrected chi connectivity index (χ1v) is 15.7. The number of benzene rings is 9. The lowest BCUT2D eigenvalue weighted by Gasteiger charge is -2.06. The second-order valence-corrected chi connectivity index (χ2v) is 12.0. The van der Waals surface area contributed by atoms with Gasteiger partial charge in [0.25, 0.3) is 0 Å². The van der Waals surface area contributed by atoms with Crippen molar-refractivity contribution in [2.45, 2.75) is 20.8 Å². The Hall–Kier alpha value is -5.46. The maximum absolute atomic E-state index is 2.26. The summed E-state index contributed by atoms with van der Waals surface area (Å²) in [7, 11) is 0. The molecule has 9 aromatic rings. The van der Waals surface area contributed by atoms with E-state index in [9.17, 15) is 0 Å². The largest absolute Gasteiger partial charge is 0.0616 e. The van der Waals surface area contributed by atoms with Crippen molar-refractivity contribution in [3.63, 3.8) is 0 Å². The fraction of sp³-hybridized carbons (Fsp3) is 0.0667. The van der Waals surface area contributed by atoms with E-state index in [1.54, 1.807) is 0 Å². The molecule has 0 radical (unpaired) electrons. The molecule has 0 bridgehead atoms. The highest BCUT2D eigenvalue weighted by molar-refractivity contribution is 6.09. The van der Waals surface area contributed by atoms with Gasteiger partial charge in [0.15, 0.2) is 0 Å². The van der Waals surface area contributed by atoms with Gasteiger partial charge in [-0.2, -0.15) is 0 Å². The zero-order valence-corrected chi connectivity index (χ0v) is 26.1. The van der Waals surface area contributed by atoms with Gasteiger partial charge in [-0.25, -0.2) is 0 Å². The summed E-state index contributed by atoms with van der Waals surface area (Å²) in [5, 5.41) is 16.1. The van der Waals surface area contributed by atoms with Crippen LogP contribution in [-0.2, 0) is 0 Å². The second-order valence-electron chi connectivity index (χ2n) is 12.0. The Morgan fingerprint density at radius 1 is 0.244 bits per heavy atom. The Morgan fingerprint density at radius 2 is 0.622 bits per heavy atom. The van der Waals surface area contributed by atoms with Crippen molar-refractivity contribution in [1.82, 2.24) is 0 Å². The van der Waals surface area contributed by atoms with Crippen LogP contribution in [0.2, 0.25) is 0 Å². The molecule has 216 valence electrons. The Kier molecular flexibility index (Phi) is 7.72. The van der Waals surface area contributed by atoms with Crippen LogP contribution in [0.1, 0.15) is 16.7 Å². The molecule has 0 heterocycles. The van der Waals surface area contributed by atoms with Crippen molar-refractivity contribution in [3.8, 4) is 0 Å². The van der Waals surface area contributed by atoms with Crippen molar-refractivity contribution in [2.24, 2.45) is 0 Å². The van der Waals surface area contributed by atoms with Gasteiger partial charge in [-0.15, -0.1) is 0 Å². The van der Waals surface area contributed by atoms with Gasteiger partial charge in [-0.05, 0) is 91.0 Å². The summed E-state index contributed by atoms with van der Waals surface area (Å²) in [5.41, 5.74) is 3.99. The fourth-order valence-corrected chi connectivity index (χ4v) is 6.49. The molecule has 0 saturated carbocycles. The molecule has 45 heavy (non-hydrogen) atoms. The lowest BCUT2D eigenvalue weighted by molar-refractivity contribution is 1.51. The summed E-state index contributed by atoms with van der Waals surface area (Å²) in [6.07, 6.45) is 0. The highest BCUT2D eigenvalue weighted by atomic mass is 14.1. The lowest BCUT2D eigenvalue weighted by atomic mass is 9.98. The monoisotopic (exact) mass is 576 g/mol. The topological polar surface area (TPSA) is 0 Å². The molecule has 9 rings (SSSR count). The maximum Gasteiger partial charge on any atom is -0.0103 e. The number of hydrogen-bond donors (Lipinski definition) is 0. The predicted molar refractivity (Wildman–Crippen MR) is 199 cm³/mol. The van der Waals surface area contributed by atoms with Crippen LogP contribution >= 0.6 is 0 Å². The van der Waals surface area contributed by atoms with E-state index in [2.05, 4.69) is 185 Å². The van der Waals surface area contributed by atoms with Crippen LogP contribution in [0.5, 0.6) is 0 Å². The minimum atomic E-state index is 1.31. The second kappa shape index (κ2) is 12.3. The van der Waals surface area contributed by atoms with Crippen LogP contribution in [0.3, 0.4) is 0 Å². The molecule has 0 aliphatic carbocycles. The smallest absolute Gasteiger partial charge is 0.0103 e. The Labute approximate surface area is 265 Å². The van der Waals surface area contributed by atoms with Gasteiger partial charge in [0.1, 0.15) is 0 Å². The van der Waals surface area contributed by atoms with Crippen LogP contribution in [0, 0.1) is 20.8 Å². The molecule has 0 aliphatic rings. The summed E-state index contributed by atoms with van der Waals surface area (Å²) in [6.45, 7) is 6.45.